The highest BCUT2D eigenvalue weighted by molar-refractivity contribution is 7.91. The van der Waals surface area contributed by atoms with Crippen LogP contribution in [0.4, 0.5) is 5.69 Å². The molecule has 1 aliphatic rings. The summed E-state index contributed by atoms with van der Waals surface area (Å²) in [5, 5.41) is 2.80. The molecule has 1 aliphatic heterocycles. The van der Waals surface area contributed by atoms with Crippen LogP contribution in [0.25, 0.3) is 0 Å². The molecular formula is C27H28N2O4S. The molecule has 176 valence electrons. The minimum absolute atomic E-state index is 0.187. The Bertz CT molecular complexity index is 1270. The SMILES string of the molecule is Cc1ccc(S(=O)(=O)CCC(=O)N[C@H](C(=O)N2CCCc3ccccc32)c2ccccc2)cc1. The van der Waals surface area contributed by atoms with E-state index in [1.807, 2.05) is 49.4 Å². The molecule has 1 heterocycles. The molecule has 1 N–H and O–H groups in total. The summed E-state index contributed by atoms with van der Waals surface area (Å²) in [4.78, 5) is 28.4. The van der Waals surface area contributed by atoms with Crippen molar-refractivity contribution >= 4 is 27.3 Å². The number of amides is 2. The first kappa shape index (κ1) is 23.7. The summed E-state index contributed by atoms with van der Waals surface area (Å²) < 4.78 is 25.3. The van der Waals surface area contributed by atoms with Crippen LogP contribution in [0.15, 0.2) is 83.8 Å². The van der Waals surface area contributed by atoms with E-state index in [1.165, 1.54) is 0 Å². The smallest absolute Gasteiger partial charge is 0.254 e. The fourth-order valence-corrected chi connectivity index (χ4v) is 5.42. The number of rotatable bonds is 7. The zero-order valence-electron chi connectivity index (χ0n) is 19.1. The molecule has 0 spiro atoms. The van der Waals surface area contributed by atoms with Crippen LogP contribution in [-0.2, 0) is 25.8 Å². The van der Waals surface area contributed by atoms with Gasteiger partial charge in [0.05, 0.1) is 10.6 Å². The molecule has 0 aliphatic carbocycles. The quantitative estimate of drug-likeness (QED) is 0.559. The van der Waals surface area contributed by atoms with Crippen LogP contribution < -0.4 is 10.2 Å². The molecule has 3 aromatic rings. The van der Waals surface area contributed by atoms with E-state index in [1.54, 1.807) is 41.3 Å². The van der Waals surface area contributed by atoms with Crippen molar-refractivity contribution < 1.29 is 18.0 Å². The topological polar surface area (TPSA) is 83.5 Å². The summed E-state index contributed by atoms with van der Waals surface area (Å²) >= 11 is 0. The van der Waals surface area contributed by atoms with Gasteiger partial charge in [0.2, 0.25) is 5.91 Å². The van der Waals surface area contributed by atoms with Gasteiger partial charge in [-0.15, -0.1) is 0 Å². The first-order valence-corrected chi connectivity index (χ1v) is 13.0. The van der Waals surface area contributed by atoms with Crippen molar-refractivity contribution in [3.8, 4) is 0 Å². The Hall–Kier alpha value is -3.45. The standard InChI is InChI=1S/C27H28N2O4S/c1-20-13-15-23(16-14-20)34(32,33)19-17-25(30)28-26(22-9-3-2-4-10-22)27(31)29-18-7-11-21-8-5-6-12-24(21)29/h2-6,8-10,12-16,26H,7,11,17-19H2,1H3,(H,28,30)/t26-/m0/s1. The second-order valence-corrected chi connectivity index (χ2v) is 10.6. The molecule has 4 rings (SSSR count). The molecule has 0 unspecified atom stereocenters. The Morgan fingerprint density at radius 2 is 1.62 bits per heavy atom. The van der Waals surface area contributed by atoms with Gasteiger partial charge in [0.1, 0.15) is 6.04 Å². The van der Waals surface area contributed by atoms with Crippen molar-refractivity contribution in [2.75, 3.05) is 17.2 Å². The lowest BCUT2D eigenvalue weighted by molar-refractivity contribution is -0.127. The Morgan fingerprint density at radius 3 is 2.35 bits per heavy atom. The maximum absolute atomic E-state index is 13.6. The highest BCUT2D eigenvalue weighted by atomic mass is 32.2. The summed E-state index contributed by atoms with van der Waals surface area (Å²) in [6, 6.07) is 22.5. The van der Waals surface area contributed by atoms with Crippen LogP contribution in [0.5, 0.6) is 0 Å². The maximum atomic E-state index is 13.6. The van der Waals surface area contributed by atoms with Crippen molar-refractivity contribution in [1.82, 2.24) is 5.32 Å². The van der Waals surface area contributed by atoms with Crippen molar-refractivity contribution in [3.63, 3.8) is 0 Å². The average molecular weight is 477 g/mol. The molecule has 0 fully saturated rings. The van der Waals surface area contributed by atoms with Crippen LogP contribution in [0.2, 0.25) is 0 Å². The summed E-state index contributed by atoms with van der Waals surface area (Å²) in [6.45, 7) is 2.45. The van der Waals surface area contributed by atoms with Gasteiger partial charge in [0.15, 0.2) is 9.84 Å². The maximum Gasteiger partial charge on any atom is 0.254 e. The van der Waals surface area contributed by atoms with Crippen molar-refractivity contribution in [2.45, 2.75) is 37.1 Å². The van der Waals surface area contributed by atoms with E-state index in [9.17, 15) is 18.0 Å². The molecule has 0 saturated carbocycles. The zero-order chi connectivity index (χ0) is 24.1. The lowest BCUT2D eigenvalue weighted by Gasteiger charge is -2.32. The van der Waals surface area contributed by atoms with Crippen LogP contribution in [0.1, 0.15) is 35.6 Å². The van der Waals surface area contributed by atoms with E-state index >= 15 is 0 Å². The largest absolute Gasteiger partial charge is 0.340 e. The number of carbonyl (C=O) groups is 2. The molecule has 34 heavy (non-hydrogen) atoms. The van der Waals surface area contributed by atoms with Crippen molar-refractivity contribution in [1.29, 1.82) is 0 Å². The number of para-hydroxylation sites is 1. The fraction of sp³-hybridized carbons (Fsp3) is 0.259. The number of sulfone groups is 1. The summed E-state index contributed by atoms with van der Waals surface area (Å²) in [5.41, 5.74) is 3.57. The normalized spacial score (nSPS) is 14.2. The second kappa shape index (κ2) is 10.2. The molecule has 0 radical (unpaired) electrons. The highest BCUT2D eigenvalue weighted by Gasteiger charge is 2.31. The van der Waals surface area contributed by atoms with Gasteiger partial charge >= 0.3 is 0 Å². The third-order valence-electron chi connectivity index (χ3n) is 6.04. The molecule has 0 aromatic heterocycles. The molecule has 3 aromatic carbocycles. The molecule has 7 heteroatoms. The van der Waals surface area contributed by atoms with E-state index < -0.39 is 21.8 Å². The van der Waals surface area contributed by atoms with Crippen LogP contribution >= 0.6 is 0 Å². The molecule has 2 amide bonds. The van der Waals surface area contributed by atoms with Gasteiger partial charge in [0, 0.05) is 18.7 Å². The van der Waals surface area contributed by atoms with Gasteiger partial charge in [0.25, 0.3) is 5.91 Å². The third-order valence-corrected chi connectivity index (χ3v) is 7.77. The zero-order valence-corrected chi connectivity index (χ0v) is 19.9. The number of carbonyl (C=O) groups excluding carboxylic acids is 2. The third kappa shape index (κ3) is 5.37. The van der Waals surface area contributed by atoms with Gasteiger partial charge in [-0.3, -0.25) is 9.59 Å². The molecule has 6 nitrogen and oxygen atoms in total. The Kier molecular flexibility index (Phi) is 7.12. The predicted octanol–water partition coefficient (Wildman–Crippen LogP) is 4.00. The Balaban J connectivity index is 1.52. The van der Waals surface area contributed by atoms with Crippen LogP contribution in [-0.4, -0.2) is 32.5 Å². The number of hydrogen-bond donors (Lipinski definition) is 1. The van der Waals surface area contributed by atoms with Gasteiger partial charge in [-0.25, -0.2) is 8.42 Å². The van der Waals surface area contributed by atoms with Gasteiger partial charge < -0.3 is 10.2 Å². The van der Waals surface area contributed by atoms with E-state index in [4.69, 9.17) is 0 Å². The summed E-state index contributed by atoms with van der Waals surface area (Å²) in [5.74, 6) is -1.04. The molecule has 1 atom stereocenters. The number of anilines is 1. The van der Waals surface area contributed by atoms with Crippen LogP contribution in [0.3, 0.4) is 0 Å². The monoisotopic (exact) mass is 476 g/mol. The average Bonchev–Trinajstić information content (AvgIpc) is 2.86. The summed E-state index contributed by atoms with van der Waals surface area (Å²) in [6.07, 6.45) is 1.51. The Labute approximate surface area is 200 Å². The number of fused-ring (bicyclic) bond motifs is 1. The van der Waals surface area contributed by atoms with Crippen molar-refractivity contribution in [3.05, 3.63) is 95.6 Å². The number of nitrogens with zero attached hydrogens (tertiary/aromatic N) is 1. The van der Waals surface area contributed by atoms with E-state index in [0.717, 1.165) is 29.7 Å². The van der Waals surface area contributed by atoms with Gasteiger partial charge in [-0.1, -0.05) is 66.2 Å². The first-order chi connectivity index (χ1) is 16.3. The lowest BCUT2D eigenvalue weighted by atomic mass is 9.99. The summed E-state index contributed by atoms with van der Waals surface area (Å²) in [7, 11) is -3.61. The fourth-order valence-electron chi connectivity index (χ4n) is 4.18. The van der Waals surface area contributed by atoms with E-state index in [-0.39, 0.29) is 23.0 Å². The van der Waals surface area contributed by atoms with Crippen LogP contribution in [0, 0.1) is 6.92 Å². The predicted molar refractivity (Wildman–Crippen MR) is 132 cm³/mol. The van der Waals surface area contributed by atoms with E-state index in [0.29, 0.717) is 12.1 Å². The minimum atomic E-state index is -3.61. The van der Waals surface area contributed by atoms with Gasteiger partial charge in [-0.05, 0) is 49.1 Å². The second-order valence-electron chi connectivity index (χ2n) is 8.52. The lowest BCUT2D eigenvalue weighted by Crippen LogP contribution is -2.45. The number of hydrogen-bond acceptors (Lipinski definition) is 4. The number of nitrogens with one attached hydrogen (secondary N) is 1. The number of benzene rings is 3. The van der Waals surface area contributed by atoms with Gasteiger partial charge in [-0.2, -0.15) is 0 Å². The van der Waals surface area contributed by atoms with Crippen molar-refractivity contribution in [2.24, 2.45) is 0 Å². The van der Waals surface area contributed by atoms with E-state index in [2.05, 4.69) is 5.32 Å². The molecule has 0 bridgehead atoms. The first-order valence-electron chi connectivity index (χ1n) is 11.4. The molecule has 0 saturated heterocycles. The molecular weight excluding hydrogens is 448 g/mol. The highest BCUT2D eigenvalue weighted by Crippen LogP contribution is 2.29. The Morgan fingerprint density at radius 1 is 0.941 bits per heavy atom. The minimum Gasteiger partial charge on any atom is -0.340 e. The number of aryl methyl sites for hydroxylation is 2.